The summed E-state index contributed by atoms with van der Waals surface area (Å²) in [4.78, 5) is 14.8. The van der Waals surface area contributed by atoms with Gasteiger partial charge < -0.3 is 0 Å². The quantitative estimate of drug-likeness (QED) is 0.185. The van der Waals surface area contributed by atoms with Crippen LogP contribution in [-0.2, 0) is 5.41 Å². The molecule has 1 aliphatic carbocycles. The number of hydrogen-bond acceptors (Lipinski definition) is 3. The van der Waals surface area contributed by atoms with Crippen LogP contribution < -0.4 is 0 Å². The molecule has 0 amide bonds. The van der Waals surface area contributed by atoms with Crippen LogP contribution in [0.3, 0.4) is 0 Å². The van der Waals surface area contributed by atoms with E-state index in [0.717, 1.165) is 39.3 Å². The summed E-state index contributed by atoms with van der Waals surface area (Å²) < 4.78 is 0. The summed E-state index contributed by atoms with van der Waals surface area (Å²) in [5.74, 6) is 0.688. The second-order valence-electron chi connectivity index (χ2n) is 12.4. The van der Waals surface area contributed by atoms with Gasteiger partial charge in [-0.15, -0.1) is 0 Å². The van der Waals surface area contributed by atoms with Crippen LogP contribution in [0.4, 0.5) is 0 Å². The van der Waals surface area contributed by atoms with Crippen LogP contribution in [0.5, 0.6) is 0 Å². The zero-order chi connectivity index (χ0) is 32.6. The second-order valence-corrected chi connectivity index (χ2v) is 12.4. The molecule has 0 bridgehead atoms. The maximum Gasteiger partial charge on any atom is 0.160 e. The fraction of sp³-hybridized carbons (Fsp3) is 0.0217. The maximum atomic E-state index is 5.21. The summed E-state index contributed by atoms with van der Waals surface area (Å²) in [5, 5.41) is 0. The zero-order valence-corrected chi connectivity index (χ0v) is 26.7. The molecule has 0 spiro atoms. The van der Waals surface area contributed by atoms with Crippen LogP contribution in [-0.4, -0.2) is 15.0 Å². The molecule has 2 aromatic heterocycles. The highest BCUT2D eigenvalue weighted by molar-refractivity contribution is 5.89. The Morgan fingerprint density at radius 1 is 0.347 bits per heavy atom. The average Bonchev–Trinajstić information content (AvgIpc) is 3.49. The molecule has 3 heteroatoms. The van der Waals surface area contributed by atoms with Crippen molar-refractivity contribution < 1.29 is 0 Å². The van der Waals surface area contributed by atoms with E-state index in [1.54, 1.807) is 0 Å². The first-order valence-electron chi connectivity index (χ1n) is 16.6. The van der Waals surface area contributed by atoms with E-state index in [1.165, 1.54) is 33.4 Å². The van der Waals surface area contributed by atoms with Gasteiger partial charge in [-0.25, -0.2) is 9.97 Å². The van der Waals surface area contributed by atoms with Gasteiger partial charge in [-0.1, -0.05) is 158 Å². The zero-order valence-electron chi connectivity index (χ0n) is 26.7. The Morgan fingerprint density at radius 2 is 0.878 bits per heavy atom. The lowest BCUT2D eigenvalue weighted by atomic mass is 9.67. The third-order valence-electron chi connectivity index (χ3n) is 9.65. The summed E-state index contributed by atoms with van der Waals surface area (Å²) in [7, 11) is 0. The molecule has 230 valence electrons. The van der Waals surface area contributed by atoms with Crippen LogP contribution in [0.15, 0.2) is 188 Å². The highest BCUT2D eigenvalue weighted by atomic mass is 14.9. The summed E-state index contributed by atoms with van der Waals surface area (Å²) in [5.41, 5.74) is 13.9. The summed E-state index contributed by atoms with van der Waals surface area (Å²) in [6.45, 7) is 0. The van der Waals surface area contributed by atoms with E-state index in [9.17, 15) is 0 Å². The molecule has 0 aliphatic heterocycles. The van der Waals surface area contributed by atoms with E-state index in [4.69, 9.17) is 9.97 Å². The number of rotatable bonds is 6. The molecule has 0 atom stereocenters. The lowest BCUT2D eigenvalue weighted by Crippen LogP contribution is -2.28. The van der Waals surface area contributed by atoms with Crippen molar-refractivity contribution in [2.45, 2.75) is 5.41 Å². The van der Waals surface area contributed by atoms with Crippen molar-refractivity contribution in [3.63, 3.8) is 0 Å². The van der Waals surface area contributed by atoms with Crippen molar-refractivity contribution in [3.8, 4) is 56.3 Å². The van der Waals surface area contributed by atoms with Gasteiger partial charge in [0.1, 0.15) is 0 Å². The molecule has 0 saturated heterocycles. The third kappa shape index (κ3) is 4.87. The molecule has 0 N–H and O–H groups in total. The van der Waals surface area contributed by atoms with E-state index in [0.29, 0.717) is 5.82 Å². The van der Waals surface area contributed by atoms with Crippen LogP contribution in [0.2, 0.25) is 0 Å². The van der Waals surface area contributed by atoms with Gasteiger partial charge in [0.05, 0.1) is 22.5 Å². The first kappa shape index (κ1) is 28.7. The van der Waals surface area contributed by atoms with Crippen molar-refractivity contribution in [3.05, 3.63) is 210 Å². The van der Waals surface area contributed by atoms with Crippen molar-refractivity contribution in [2.75, 3.05) is 0 Å². The summed E-state index contributed by atoms with van der Waals surface area (Å²) in [6.07, 6.45) is 1.82. The summed E-state index contributed by atoms with van der Waals surface area (Å²) >= 11 is 0. The van der Waals surface area contributed by atoms with Gasteiger partial charge in [-0.05, 0) is 57.6 Å². The fourth-order valence-electron chi connectivity index (χ4n) is 7.41. The van der Waals surface area contributed by atoms with Crippen LogP contribution in [0, 0.1) is 0 Å². The first-order chi connectivity index (χ1) is 24.3. The van der Waals surface area contributed by atoms with E-state index in [1.807, 2.05) is 30.5 Å². The van der Waals surface area contributed by atoms with Crippen LogP contribution in [0.1, 0.15) is 22.3 Å². The van der Waals surface area contributed by atoms with Gasteiger partial charge in [0.2, 0.25) is 0 Å². The molecular formula is C46H31N3. The van der Waals surface area contributed by atoms with E-state index >= 15 is 0 Å². The monoisotopic (exact) mass is 625 g/mol. The molecule has 0 fully saturated rings. The molecule has 0 radical (unpaired) electrons. The normalized spacial score (nSPS) is 12.7. The lowest BCUT2D eigenvalue weighted by molar-refractivity contribution is 0.768. The lowest BCUT2D eigenvalue weighted by Gasteiger charge is -2.33. The minimum atomic E-state index is -0.436. The first-order valence-corrected chi connectivity index (χ1v) is 16.6. The third-order valence-corrected chi connectivity index (χ3v) is 9.65. The number of benzene rings is 6. The smallest absolute Gasteiger partial charge is 0.160 e. The topological polar surface area (TPSA) is 38.7 Å². The molecule has 0 unspecified atom stereocenters. The Hall–Kier alpha value is -6.45. The molecule has 49 heavy (non-hydrogen) atoms. The Balaban J connectivity index is 1.23. The second kappa shape index (κ2) is 12.0. The number of aromatic nitrogens is 3. The van der Waals surface area contributed by atoms with Crippen molar-refractivity contribution >= 4 is 0 Å². The molecule has 6 aromatic carbocycles. The Kier molecular flexibility index (Phi) is 7.02. The highest BCUT2D eigenvalue weighted by Crippen LogP contribution is 2.56. The molecular weight excluding hydrogens is 595 g/mol. The van der Waals surface area contributed by atoms with Gasteiger partial charge in [0.25, 0.3) is 0 Å². The molecule has 2 heterocycles. The molecule has 9 rings (SSSR count). The number of fused-ring (bicyclic) bond motifs is 3. The highest BCUT2D eigenvalue weighted by Gasteiger charge is 2.45. The number of hydrogen-bond donors (Lipinski definition) is 0. The summed E-state index contributed by atoms with van der Waals surface area (Å²) in [6, 6.07) is 64.3. The van der Waals surface area contributed by atoms with E-state index in [2.05, 4.69) is 163 Å². The minimum Gasteiger partial charge on any atom is -0.256 e. The van der Waals surface area contributed by atoms with E-state index < -0.39 is 5.41 Å². The SMILES string of the molecule is c1ccc(-c2cc(-c3ccc4c(c3)-c3ccccc3C4(c3ccccc3)c3ccccc3)nc(-c3ccc(-c4ccccn4)cc3)n2)cc1. The van der Waals surface area contributed by atoms with Crippen LogP contribution in [0.25, 0.3) is 56.3 Å². The maximum absolute atomic E-state index is 5.21. The predicted molar refractivity (Wildman–Crippen MR) is 199 cm³/mol. The van der Waals surface area contributed by atoms with Gasteiger partial charge in [0.15, 0.2) is 5.82 Å². The number of pyridine rings is 1. The standard InChI is InChI=1S/C46H31N3/c1-4-14-32(15-5-1)43-31-44(49-45(48-43)34-25-23-33(24-26-34)42-22-12-13-29-47-42)35-27-28-41-39(30-35)38-20-10-11-21-40(38)46(41,36-16-6-2-7-17-36)37-18-8-3-9-19-37/h1-31H. The van der Waals surface area contributed by atoms with Gasteiger partial charge in [0, 0.05) is 28.5 Å². The largest absolute Gasteiger partial charge is 0.256 e. The minimum absolute atomic E-state index is 0.436. The molecule has 3 nitrogen and oxygen atoms in total. The Labute approximate surface area is 286 Å². The van der Waals surface area contributed by atoms with Crippen molar-refractivity contribution in [1.29, 1.82) is 0 Å². The van der Waals surface area contributed by atoms with Crippen molar-refractivity contribution in [2.24, 2.45) is 0 Å². The molecule has 0 saturated carbocycles. The predicted octanol–water partition coefficient (Wildman–Crippen LogP) is 10.9. The average molecular weight is 626 g/mol. The van der Waals surface area contributed by atoms with E-state index in [-0.39, 0.29) is 0 Å². The number of nitrogens with zero attached hydrogens (tertiary/aromatic N) is 3. The van der Waals surface area contributed by atoms with Gasteiger partial charge in [-0.2, -0.15) is 0 Å². The molecule has 1 aliphatic rings. The molecule has 8 aromatic rings. The van der Waals surface area contributed by atoms with Gasteiger partial charge >= 0.3 is 0 Å². The fourth-order valence-corrected chi connectivity index (χ4v) is 7.41. The Bertz CT molecular complexity index is 2370. The van der Waals surface area contributed by atoms with Crippen LogP contribution >= 0.6 is 0 Å². The van der Waals surface area contributed by atoms with Gasteiger partial charge in [-0.3, -0.25) is 4.98 Å². The Morgan fingerprint density at radius 3 is 1.55 bits per heavy atom. The van der Waals surface area contributed by atoms with Crippen molar-refractivity contribution in [1.82, 2.24) is 15.0 Å².